The van der Waals surface area contributed by atoms with Gasteiger partial charge in [0.25, 0.3) is 0 Å². The van der Waals surface area contributed by atoms with Crippen molar-refractivity contribution in [2.75, 3.05) is 38.3 Å². The summed E-state index contributed by atoms with van der Waals surface area (Å²) >= 11 is 1.61. The molecule has 0 radical (unpaired) electrons. The van der Waals surface area contributed by atoms with Crippen molar-refractivity contribution >= 4 is 16.5 Å². The lowest BCUT2D eigenvalue weighted by molar-refractivity contribution is -0.119. The van der Waals surface area contributed by atoms with E-state index in [0.717, 1.165) is 44.3 Å². The van der Waals surface area contributed by atoms with E-state index in [4.69, 9.17) is 9.47 Å². The minimum absolute atomic E-state index is 0.136. The van der Waals surface area contributed by atoms with Crippen LogP contribution in [-0.4, -0.2) is 49.7 Å². The Balaban J connectivity index is 1.80. The Morgan fingerprint density at radius 1 is 1.67 bits per heavy atom. The molecular weight excluding hydrogens is 250 g/mol. The predicted octanol–water partition coefficient (Wildman–Crippen LogP) is 1.56. The highest BCUT2D eigenvalue weighted by Gasteiger charge is 2.46. The summed E-state index contributed by atoms with van der Waals surface area (Å²) in [6, 6.07) is 0. The van der Waals surface area contributed by atoms with Crippen LogP contribution in [0.3, 0.4) is 0 Å². The number of ether oxygens (including phenoxy) is 2. The molecule has 5 nitrogen and oxygen atoms in total. The second-order valence-electron chi connectivity index (χ2n) is 5.19. The minimum atomic E-state index is 0.136. The van der Waals surface area contributed by atoms with Crippen LogP contribution in [-0.2, 0) is 9.47 Å². The quantitative estimate of drug-likeness (QED) is 0.833. The van der Waals surface area contributed by atoms with Gasteiger partial charge in [0.05, 0.1) is 12.7 Å². The average molecular weight is 269 g/mol. The molecule has 0 amide bonds. The van der Waals surface area contributed by atoms with Gasteiger partial charge in [-0.1, -0.05) is 11.3 Å². The van der Waals surface area contributed by atoms with E-state index in [-0.39, 0.29) is 5.41 Å². The highest BCUT2D eigenvalue weighted by Crippen LogP contribution is 2.41. The minimum Gasteiger partial charge on any atom is -0.384 e. The van der Waals surface area contributed by atoms with Crippen molar-refractivity contribution in [3.63, 3.8) is 0 Å². The topological polar surface area (TPSA) is 47.5 Å². The summed E-state index contributed by atoms with van der Waals surface area (Å²) in [4.78, 5) is 2.34. The fourth-order valence-corrected chi connectivity index (χ4v) is 3.84. The van der Waals surface area contributed by atoms with Gasteiger partial charge in [-0.25, -0.2) is 0 Å². The zero-order chi connectivity index (χ0) is 12.4. The molecule has 2 fully saturated rings. The Morgan fingerprint density at radius 3 is 3.39 bits per heavy atom. The molecule has 0 saturated carbocycles. The molecule has 3 heterocycles. The van der Waals surface area contributed by atoms with E-state index >= 15 is 0 Å². The summed E-state index contributed by atoms with van der Waals surface area (Å²) in [5.74, 6) is 0. The summed E-state index contributed by atoms with van der Waals surface area (Å²) in [5.41, 5.74) is 1.93. The molecule has 100 valence electrons. The van der Waals surface area contributed by atoms with Crippen LogP contribution in [0.4, 0.5) is 5.13 Å². The van der Waals surface area contributed by atoms with Gasteiger partial charge in [0, 0.05) is 32.2 Å². The van der Waals surface area contributed by atoms with Crippen LogP contribution >= 0.6 is 11.3 Å². The molecule has 6 heteroatoms. The Kier molecular flexibility index (Phi) is 3.50. The monoisotopic (exact) mass is 269 g/mol. The Hall–Kier alpha value is -0.720. The zero-order valence-corrected chi connectivity index (χ0v) is 11.5. The molecule has 0 unspecified atom stereocenters. The smallest absolute Gasteiger partial charge is 0.208 e. The first-order valence-electron chi connectivity index (χ1n) is 6.46. The third kappa shape index (κ3) is 2.13. The second kappa shape index (κ2) is 5.11. The molecule has 3 rings (SSSR count). The molecular formula is C12H19N3O2S. The van der Waals surface area contributed by atoms with Gasteiger partial charge in [0.15, 0.2) is 0 Å². The maximum atomic E-state index is 5.96. The van der Waals surface area contributed by atoms with Crippen LogP contribution in [0, 0.1) is 5.41 Å². The van der Waals surface area contributed by atoms with Crippen molar-refractivity contribution in [1.29, 1.82) is 0 Å². The van der Waals surface area contributed by atoms with Crippen molar-refractivity contribution in [2.24, 2.45) is 5.41 Å². The molecule has 2 saturated heterocycles. The van der Waals surface area contributed by atoms with Gasteiger partial charge in [-0.3, -0.25) is 0 Å². The lowest BCUT2D eigenvalue weighted by Gasteiger charge is -2.50. The van der Waals surface area contributed by atoms with E-state index in [1.54, 1.807) is 24.0 Å². The number of nitrogens with zero attached hydrogens (tertiary/aromatic N) is 3. The van der Waals surface area contributed by atoms with E-state index in [2.05, 4.69) is 15.1 Å². The first-order chi connectivity index (χ1) is 8.84. The van der Waals surface area contributed by atoms with Crippen LogP contribution < -0.4 is 4.90 Å². The molecule has 18 heavy (non-hydrogen) atoms. The van der Waals surface area contributed by atoms with Crippen molar-refractivity contribution in [3.05, 3.63) is 5.51 Å². The maximum absolute atomic E-state index is 5.96. The van der Waals surface area contributed by atoms with E-state index in [9.17, 15) is 0 Å². The Morgan fingerprint density at radius 2 is 2.61 bits per heavy atom. The number of anilines is 1. The third-order valence-electron chi connectivity index (χ3n) is 4.04. The summed E-state index contributed by atoms with van der Waals surface area (Å²) in [6.45, 7) is 3.65. The SMILES string of the molecule is COC[C@@]12CCCO[C@H]1CCN(c1nncs1)C2. The number of piperidine rings is 1. The summed E-state index contributed by atoms with van der Waals surface area (Å²) in [6.07, 6.45) is 3.71. The number of fused-ring (bicyclic) bond motifs is 1. The molecule has 0 bridgehead atoms. The highest BCUT2D eigenvalue weighted by atomic mass is 32.1. The van der Waals surface area contributed by atoms with Gasteiger partial charge in [0.1, 0.15) is 5.51 Å². The molecule has 0 aliphatic carbocycles. The summed E-state index contributed by atoms with van der Waals surface area (Å²) in [7, 11) is 1.78. The van der Waals surface area contributed by atoms with E-state index in [1.807, 2.05) is 0 Å². The lowest BCUT2D eigenvalue weighted by Crippen LogP contribution is -2.57. The number of hydrogen-bond acceptors (Lipinski definition) is 6. The van der Waals surface area contributed by atoms with Crippen molar-refractivity contribution in [2.45, 2.75) is 25.4 Å². The molecule has 2 atom stereocenters. The molecule has 2 aliphatic heterocycles. The first-order valence-corrected chi connectivity index (χ1v) is 7.34. The van der Waals surface area contributed by atoms with Crippen molar-refractivity contribution in [3.8, 4) is 0 Å². The van der Waals surface area contributed by atoms with E-state index in [0.29, 0.717) is 6.10 Å². The van der Waals surface area contributed by atoms with Gasteiger partial charge in [-0.15, -0.1) is 10.2 Å². The molecule has 1 aromatic heterocycles. The van der Waals surface area contributed by atoms with E-state index in [1.165, 1.54) is 6.42 Å². The van der Waals surface area contributed by atoms with Crippen LogP contribution in [0.5, 0.6) is 0 Å². The van der Waals surface area contributed by atoms with Gasteiger partial charge >= 0.3 is 0 Å². The second-order valence-corrected chi connectivity index (χ2v) is 6.00. The van der Waals surface area contributed by atoms with E-state index < -0.39 is 0 Å². The largest absolute Gasteiger partial charge is 0.384 e. The standard InChI is InChI=1S/C12H19N3O2S/c1-16-8-12-4-2-6-17-10(12)3-5-15(7-12)11-14-13-9-18-11/h9-10H,2-8H2,1H3/t10-,12-/m0/s1. The number of hydrogen-bond donors (Lipinski definition) is 0. The third-order valence-corrected chi connectivity index (χ3v) is 4.79. The Bertz CT molecular complexity index is 383. The molecule has 0 aromatic carbocycles. The maximum Gasteiger partial charge on any atom is 0.208 e. The van der Waals surface area contributed by atoms with Gasteiger partial charge in [-0.2, -0.15) is 0 Å². The number of rotatable bonds is 3. The van der Waals surface area contributed by atoms with Crippen LogP contribution in [0.2, 0.25) is 0 Å². The highest BCUT2D eigenvalue weighted by molar-refractivity contribution is 7.13. The van der Waals surface area contributed by atoms with Gasteiger partial charge < -0.3 is 14.4 Å². The fraction of sp³-hybridized carbons (Fsp3) is 0.833. The van der Waals surface area contributed by atoms with Crippen molar-refractivity contribution in [1.82, 2.24) is 10.2 Å². The summed E-state index contributed by atoms with van der Waals surface area (Å²) < 4.78 is 11.4. The lowest BCUT2D eigenvalue weighted by atomic mass is 9.73. The molecule has 0 N–H and O–H groups in total. The van der Waals surface area contributed by atoms with Gasteiger partial charge in [0.2, 0.25) is 5.13 Å². The molecule has 0 spiro atoms. The number of aromatic nitrogens is 2. The molecule has 1 aromatic rings. The zero-order valence-electron chi connectivity index (χ0n) is 10.7. The average Bonchev–Trinajstić information content (AvgIpc) is 2.92. The molecule has 2 aliphatic rings. The van der Waals surface area contributed by atoms with Crippen LogP contribution in [0.15, 0.2) is 5.51 Å². The van der Waals surface area contributed by atoms with Gasteiger partial charge in [-0.05, 0) is 19.3 Å². The Labute approximate surface area is 111 Å². The normalized spacial score (nSPS) is 32.3. The predicted molar refractivity (Wildman–Crippen MR) is 70.0 cm³/mol. The van der Waals surface area contributed by atoms with Crippen LogP contribution in [0.25, 0.3) is 0 Å². The first kappa shape index (κ1) is 12.3. The van der Waals surface area contributed by atoms with Crippen molar-refractivity contribution < 1.29 is 9.47 Å². The fourth-order valence-electron chi connectivity index (χ4n) is 3.26. The number of methoxy groups -OCH3 is 1. The summed E-state index contributed by atoms with van der Waals surface area (Å²) in [5, 5.41) is 9.14. The van der Waals surface area contributed by atoms with Crippen LogP contribution in [0.1, 0.15) is 19.3 Å².